The molecule has 16 heavy (non-hydrogen) atoms. The van der Waals surface area contributed by atoms with E-state index in [1.165, 1.54) is 6.20 Å². The Kier molecular flexibility index (Phi) is 2.68. The van der Waals surface area contributed by atoms with E-state index in [-0.39, 0.29) is 12.3 Å². The number of ether oxygens (including phenoxy) is 1. The summed E-state index contributed by atoms with van der Waals surface area (Å²) in [6, 6.07) is 5.32. The van der Waals surface area contributed by atoms with E-state index in [1.807, 2.05) is 0 Å². The summed E-state index contributed by atoms with van der Waals surface area (Å²) in [5, 5.41) is 0. The Labute approximate surface area is 91.7 Å². The predicted octanol–water partition coefficient (Wildman–Crippen LogP) is 1.08. The second kappa shape index (κ2) is 4.14. The Morgan fingerprint density at radius 2 is 2.25 bits per heavy atom. The third-order valence-electron chi connectivity index (χ3n) is 2.11. The zero-order chi connectivity index (χ0) is 11.5. The van der Waals surface area contributed by atoms with Gasteiger partial charge in [0.15, 0.2) is 0 Å². The van der Waals surface area contributed by atoms with Crippen molar-refractivity contribution in [2.24, 2.45) is 0 Å². The zero-order valence-electron chi connectivity index (χ0n) is 8.71. The Bertz CT molecular complexity index is 545. The van der Waals surface area contributed by atoms with E-state index < -0.39 is 11.8 Å². The summed E-state index contributed by atoms with van der Waals surface area (Å²) in [7, 11) is 0. The van der Waals surface area contributed by atoms with Crippen molar-refractivity contribution in [2.45, 2.75) is 6.92 Å². The first-order valence-electron chi connectivity index (χ1n) is 4.87. The number of carbonyl (C=O) groups is 2. The molecule has 0 bridgehead atoms. The molecule has 0 spiro atoms. The van der Waals surface area contributed by atoms with E-state index >= 15 is 0 Å². The molecule has 0 saturated heterocycles. The number of nitrogens with zero attached hydrogens (tertiary/aromatic N) is 2. The van der Waals surface area contributed by atoms with Crippen LogP contribution in [-0.4, -0.2) is 27.7 Å². The van der Waals surface area contributed by atoms with Crippen molar-refractivity contribution < 1.29 is 14.3 Å². The van der Waals surface area contributed by atoms with Crippen molar-refractivity contribution in [1.29, 1.82) is 0 Å². The monoisotopic (exact) mass is 218 g/mol. The van der Waals surface area contributed by atoms with E-state index in [2.05, 4.69) is 9.72 Å². The summed E-state index contributed by atoms with van der Waals surface area (Å²) in [5.74, 6) is -1.53. The van der Waals surface area contributed by atoms with Crippen LogP contribution in [0.15, 0.2) is 30.6 Å². The molecular formula is C11H10N2O3. The second-order valence-corrected chi connectivity index (χ2v) is 3.12. The van der Waals surface area contributed by atoms with Gasteiger partial charge in [0.25, 0.3) is 5.78 Å². The Morgan fingerprint density at radius 1 is 1.44 bits per heavy atom. The molecule has 0 fully saturated rings. The van der Waals surface area contributed by atoms with Crippen molar-refractivity contribution in [3.63, 3.8) is 0 Å². The van der Waals surface area contributed by atoms with Crippen molar-refractivity contribution in [2.75, 3.05) is 6.61 Å². The maximum absolute atomic E-state index is 11.7. The minimum absolute atomic E-state index is 0.182. The maximum Gasteiger partial charge on any atom is 0.381 e. The highest BCUT2D eigenvalue weighted by atomic mass is 16.5. The average Bonchev–Trinajstić information content (AvgIpc) is 2.72. The molecule has 0 N–H and O–H groups in total. The van der Waals surface area contributed by atoms with Crippen LogP contribution >= 0.6 is 0 Å². The molecule has 0 saturated carbocycles. The lowest BCUT2D eigenvalue weighted by atomic mass is 10.3. The summed E-state index contributed by atoms with van der Waals surface area (Å²) in [5.41, 5.74) is 0.837. The molecule has 0 aliphatic carbocycles. The van der Waals surface area contributed by atoms with Crippen LogP contribution in [0.2, 0.25) is 0 Å². The van der Waals surface area contributed by atoms with Gasteiger partial charge in [0.1, 0.15) is 11.3 Å². The largest absolute Gasteiger partial charge is 0.460 e. The van der Waals surface area contributed by atoms with Gasteiger partial charge in [-0.2, -0.15) is 0 Å². The van der Waals surface area contributed by atoms with Crippen LogP contribution in [0.25, 0.3) is 5.65 Å². The summed E-state index contributed by atoms with van der Waals surface area (Å²) in [6.45, 7) is 1.83. The molecule has 0 atom stereocenters. The smallest absolute Gasteiger partial charge is 0.381 e. The van der Waals surface area contributed by atoms with Gasteiger partial charge >= 0.3 is 5.97 Å². The Balaban J connectivity index is 2.40. The fraction of sp³-hybridized carbons (Fsp3) is 0.182. The number of esters is 1. The average molecular weight is 218 g/mol. The highest BCUT2D eigenvalue weighted by Gasteiger charge is 2.20. The molecule has 0 aromatic carbocycles. The van der Waals surface area contributed by atoms with Gasteiger partial charge in [0.05, 0.1) is 12.8 Å². The standard InChI is InChI=1S/C11H10N2O3/c1-2-16-11(15)10(14)8-7-12-9-5-3-4-6-13(8)9/h3-7H,2H2,1H3. The molecule has 0 radical (unpaired) electrons. The Hall–Kier alpha value is -2.17. The lowest BCUT2D eigenvalue weighted by Gasteiger charge is -2.00. The number of rotatable bonds is 3. The molecular weight excluding hydrogens is 208 g/mol. The molecule has 0 aliphatic heterocycles. The SMILES string of the molecule is CCOC(=O)C(=O)c1cnc2ccccn12. The fourth-order valence-corrected chi connectivity index (χ4v) is 1.40. The lowest BCUT2D eigenvalue weighted by molar-refractivity contribution is -0.137. The Morgan fingerprint density at radius 3 is 3.00 bits per heavy atom. The van der Waals surface area contributed by atoms with Gasteiger partial charge in [-0.3, -0.25) is 9.20 Å². The van der Waals surface area contributed by atoms with E-state index in [0.717, 1.165) is 0 Å². The summed E-state index contributed by atoms with van der Waals surface area (Å²) in [6.07, 6.45) is 3.05. The molecule has 0 amide bonds. The summed E-state index contributed by atoms with van der Waals surface area (Å²) < 4.78 is 6.20. The molecule has 2 rings (SSSR count). The first-order chi connectivity index (χ1) is 7.74. The molecule has 5 heteroatoms. The van der Waals surface area contributed by atoms with Gasteiger partial charge in [0, 0.05) is 6.20 Å². The van der Waals surface area contributed by atoms with Crippen LogP contribution in [0.1, 0.15) is 17.4 Å². The van der Waals surface area contributed by atoms with Gasteiger partial charge in [0.2, 0.25) is 0 Å². The van der Waals surface area contributed by atoms with Crippen LogP contribution in [0.4, 0.5) is 0 Å². The van der Waals surface area contributed by atoms with E-state index in [1.54, 1.807) is 35.7 Å². The number of aromatic nitrogens is 2. The van der Waals surface area contributed by atoms with Gasteiger partial charge in [-0.05, 0) is 19.1 Å². The van der Waals surface area contributed by atoms with E-state index in [4.69, 9.17) is 0 Å². The summed E-state index contributed by atoms with van der Waals surface area (Å²) >= 11 is 0. The summed E-state index contributed by atoms with van der Waals surface area (Å²) in [4.78, 5) is 27.0. The lowest BCUT2D eigenvalue weighted by Crippen LogP contribution is -2.19. The van der Waals surface area contributed by atoms with Crippen LogP contribution in [0.5, 0.6) is 0 Å². The highest BCUT2D eigenvalue weighted by Crippen LogP contribution is 2.07. The van der Waals surface area contributed by atoms with Gasteiger partial charge in [-0.15, -0.1) is 0 Å². The number of ketones is 1. The number of carbonyl (C=O) groups excluding carboxylic acids is 2. The number of Topliss-reactive ketones (excluding diaryl/α,β-unsaturated/α-hetero) is 1. The minimum Gasteiger partial charge on any atom is -0.460 e. The molecule has 2 heterocycles. The predicted molar refractivity (Wildman–Crippen MR) is 56.2 cm³/mol. The van der Waals surface area contributed by atoms with E-state index in [9.17, 15) is 9.59 Å². The molecule has 2 aromatic heterocycles. The number of fused-ring (bicyclic) bond motifs is 1. The molecule has 5 nitrogen and oxygen atoms in total. The molecule has 0 unspecified atom stereocenters. The third-order valence-corrected chi connectivity index (χ3v) is 2.11. The van der Waals surface area contributed by atoms with Crippen molar-refractivity contribution in [3.8, 4) is 0 Å². The zero-order valence-corrected chi connectivity index (χ0v) is 8.71. The van der Waals surface area contributed by atoms with Crippen molar-refractivity contribution >= 4 is 17.4 Å². The first kappa shape index (κ1) is 10.4. The second-order valence-electron chi connectivity index (χ2n) is 3.12. The molecule has 0 aliphatic rings. The fourth-order valence-electron chi connectivity index (χ4n) is 1.40. The third kappa shape index (κ3) is 1.67. The topological polar surface area (TPSA) is 60.7 Å². The van der Waals surface area contributed by atoms with Crippen LogP contribution in [-0.2, 0) is 9.53 Å². The number of pyridine rings is 1. The van der Waals surface area contributed by atoms with E-state index in [0.29, 0.717) is 5.65 Å². The van der Waals surface area contributed by atoms with Crippen LogP contribution < -0.4 is 0 Å². The van der Waals surface area contributed by atoms with Crippen LogP contribution in [0, 0.1) is 0 Å². The van der Waals surface area contributed by atoms with Gasteiger partial charge in [-0.1, -0.05) is 6.07 Å². The maximum atomic E-state index is 11.7. The molecule has 2 aromatic rings. The number of hydrogen-bond donors (Lipinski definition) is 0. The number of imidazole rings is 1. The molecule has 82 valence electrons. The van der Waals surface area contributed by atoms with Crippen molar-refractivity contribution in [1.82, 2.24) is 9.38 Å². The normalized spacial score (nSPS) is 10.3. The van der Waals surface area contributed by atoms with Crippen molar-refractivity contribution in [3.05, 3.63) is 36.3 Å². The number of hydrogen-bond acceptors (Lipinski definition) is 4. The quantitative estimate of drug-likeness (QED) is 0.439. The van der Waals surface area contributed by atoms with Gasteiger partial charge < -0.3 is 4.74 Å². The van der Waals surface area contributed by atoms with Crippen LogP contribution in [0.3, 0.4) is 0 Å². The highest BCUT2D eigenvalue weighted by molar-refractivity contribution is 6.40. The minimum atomic E-state index is -0.854. The first-order valence-corrected chi connectivity index (χ1v) is 4.87. The van der Waals surface area contributed by atoms with Gasteiger partial charge in [-0.25, -0.2) is 9.78 Å².